The molecule has 2 N–H and O–H groups in total. The van der Waals surface area contributed by atoms with Gasteiger partial charge in [-0.2, -0.15) is 12.6 Å². The van der Waals surface area contributed by atoms with Gasteiger partial charge < -0.3 is 5.73 Å². The Kier molecular flexibility index (Phi) is 5.39. The van der Waals surface area contributed by atoms with Gasteiger partial charge in [-0.1, -0.05) is 54.6 Å². The summed E-state index contributed by atoms with van der Waals surface area (Å²) in [6.45, 7) is 0. The molecule has 0 aliphatic carbocycles. The molecular weight excluding hydrogens is 266 g/mol. The first-order valence-electron chi connectivity index (χ1n) is 6.74. The minimum absolute atomic E-state index is 0.0761. The molecule has 20 heavy (non-hydrogen) atoms. The number of hydrogen-bond acceptors (Lipinski definition) is 3. The summed E-state index contributed by atoms with van der Waals surface area (Å²) in [4.78, 5) is 11.7. The highest BCUT2D eigenvalue weighted by Crippen LogP contribution is 2.19. The summed E-state index contributed by atoms with van der Waals surface area (Å²) in [7, 11) is 0. The lowest BCUT2D eigenvalue weighted by atomic mass is 9.99. The normalized spacial score (nSPS) is 12.1. The summed E-state index contributed by atoms with van der Waals surface area (Å²) in [6.07, 6.45) is 1.02. The van der Waals surface area contributed by atoms with E-state index in [1.165, 1.54) is 11.1 Å². The second kappa shape index (κ2) is 7.27. The Balaban J connectivity index is 2.04. The van der Waals surface area contributed by atoms with E-state index in [4.69, 9.17) is 5.73 Å². The van der Waals surface area contributed by atoms with Crippen LogP contribution in [-0.4, -0.2) is 17.6 Å². The molecule has 2 rings (SSSR count). The number of benzene rings is 2. The molecule has 0 aromatic heterocycles. The van der Waals surface area contributed by atoms with E-state index < -0.39 is 6.04 Å². The topological polar surface area (TPSA) is 43.1 Å². The van der Waals surface area contributed by atoms with Crippen LogP contribution in [0.3, 0.4) is 0 Å². The van der Waals surface area contributed by atoms with Crippen molar-refractivity contribution >= 4 is 18.4 Å². The molecule has 3 heteroatoms. The summed E-state index contributed by atoms with van der Waals surface area (Å²) in [6, 6.07) is 18.0. The lowest BCUT2D eigenvalue weighted by molar-refractivity contribution is -0.119. The van der Waals surface area contributed by atoms with Gasteiger partial charge in [0, 0.05) is 6.42 Å². The number of thiol groups is 1. The number of rotatable bonds is 6. The average molecular weight is 285 g/mol. The van der Waals surface area contributed by atoms with Crippen molar-refractivity contribution in [3.63, 3.8) is 0 Å². The van der Waals surface area contributed by atoms with Crippen LogP contribution >= 0.6 is 12.6 Å². The molecule has 2 aromatic carbocycles. The molecule has 1 atom stereocenters. The molecule has 0 fully saturated rings. The Bertz CT molecular complexity index is 551. The molecule has 0 aliphatic heterocycles. The van der Waals surface area contributed by atoms with Gasteiger partial charge in [0.05, 0.1) is 6.04 Å². The van der Waals surface area contributed by atoms with E-state index in [9.17, 15) is 4.79 Å². The Hall–Kier alpha value is -1.58. The number of ketones is 1. The molecule has 0 spiro atoms. The van der Waals surface area contributed by atoms with Gasteiger partial charge in [-0.15, -0.1) is 0 Å². The van der Waals surface area contributed by atoms with Crippen molar-refractivity contribution in [2.75, 3.05) is 5.75 Å². The Labute approximate surface area is 125 Å². The summed E-state index contributed by atoms with van der Waals surface area (Å²) >= 11 is 4.06. The number of nitrogens with two attached hydrogens (primary N) is 1. The zero-order chi connectivity index (χ0) is 14.4. The maximum atomic E-state index is 11.7. The molecule has 0 heterocycles. The van der Waals surface area contributed by atoms with E-state index in [1.54, 1.807) is 0 Å². The van der Waals surface area contributed by atoms with Crippen molar-refractivity contribution in [2.24, 2.45) is 5.73 Å². The van der Waals surface area contributed by atoms with E-state index in [1.807, 2.05) is 30.3 Å². The van der Waals surface area contributed by atoms with Crippen LogP contribution in [0, 0.1) is 0 Å². The SMILES string of the molecule is NC(Cc1ccc(-c2ccccc2)cc1)C(=O)CCS. The van der Waals surface area contributed by atoms with Crippen molar-refractivity contribution in [1.29, 1.82) is 0 Å². The highest BCUT2D eigenvalue weighted by atomic mass is 32.1. The molecule has 0 amide bonds. The largest absolute Gasteiger partial charge is 0.321 e. The minimum atomic E-state index is -0.426. The van der Waals surface area contributed by atoms with Crippen LogP contribution in [0.25, 0.3) is 11.1 Å². The first-order valence-corrected chi connectivity index (χ1v) is 7.37. The predicted octanol–water partition coefficient (Wildman–Crippen LogP) is 3.11. The number of Topliss-reactive ketones (excluding diaryl/α,β-unsaturated/α-hetero) is 1. The highest BCUT2D eigenvalue weighted by molar-refractivity contribution is 7.80. The Morgan fingerprint density at radius 2 is 1.60 bits per heavy atom. The quantitative estimate of drug-likeness (QED) is 0.801. The van der Waals surface area contributed by atoms with Gasteiger partial charge in [0.15, 0.2) is 5.78 Å². The molecule has 1 unspecified atom stereocenters. The standard InChI is InChI=1S/C17H19NOS/c18-16(17(19)10-11-20)12-13-6-8-15(9-7-13)14-4-2-1-3-5-14/h1-9,16,20H,10-12,18H2. The molecule has 0 bridgehead atoms. The molecule has 0 aliphatic rings. The summed E-state index contributed by atoms with van der Waals surface area (Å²) in [5.41, 5.74) is 9.35. The number of carbonyl (C=O) groups is 1. The van der Waals surface area contributed by atoms with Gasteiger partial charge in [-0.3, -0.25) is 4.79 Å². The van der Waals surface area contributed by atoms with Crippen LogP contribution in [0.4, 0.5) is 0 Å². The van der Waals surface area contributed by atoms with Crippen LogP contribution < -0.4 is 5.73 Å². The maximum Gasteiger partial charge on any atom is 0.150 e. The van der Waals surface area contributed by atoms with Crippen molar-refractivity contribution < 1.29 is 4.79 Å². The smallest absolute Gasteiger partial charge is 0.150 e. The third-order valence-electron chi connectivity index (χ3n) is 3.29. The summed E-state index contributed by atoms with van der Waals surface area (Å²) in [5.74, 6) is 0.631. The fourth-order valence-electron chi connectivity index (χ4n) is 2.13. The summed E-state index contributed by atoms with van der Waals surface area (Å²) < 4.78 is 0. The van der Waals surface area contributed by atoms with Crippen LogP contribution in [0.15, 0.2) is 54.6 Å². The Morgan fingerprint density at radius 3 is 2.20 bits per heavy atom. The first-order chi connectivity index (χ1) is 9.70. The summed E-state index contributed by atoms with van der Waals surface area (Å²) in [5, 5.41) is 0. The van der Waals surface area contributed by atoms with Crippen molar-refractivity contribution in [3.8, 4) is 11.1 Å². The fraction of sp³-hybridized carbons (Fsp3) is 0.235. The van der Waals surface area contributed by atoms with Gasteiger partial charge in [-0.25, -0.2) is 0 Å². The van der Waals surface area contributed by atoms with E-state index in [0.29, 0.717) is 18.6 Å². The second-order valence-electron chi connectivity index (χ2n) is 4.81. The third-order valence-corrected chi connectivity index (χ3v) is 3.51. The molecule has 104 valence electrons. The van der Waals surface area contributed by atoms with Crippen LogP contribution in [0.5, 0.6) is 0 Å². The molecule has 0 saturated heterocycles. The predicted molar refractivity (Wildman–Crippen MR) is 87.0 cm³/mol. The number of carbonyl (C=O) groups excluding carboxylic acids is 1. The molecule has 0 saturated carbocycles. The zero-order valence-electron chi connectivity index (χ0n) is 11.3. The molecular formula is C17H19NOS. The van der Waals surface area contributed by atoms with E-state index in [0.717, 1.165) is 5.56 Å². The molecule has 2 nitrogen and oxygen atoms in total. The zero-order valence-corrected chi connectivity index (χ0v) is 12.2. The monoisotopic (exact) mass is 285 g/mol. The third kappa shape index (κ3) is 3.95. The lowest BCUT2D eigenvalue weighted by Crippen LogP contribution is -2.32. The van der Waals surface area contributed by atoms with E-state index in [-0.39, 0.29) is 5.78 Å². The van der Waals surface area contributed by atoms with Gasteiger partial charge >= 0.3 is 0 Å². The second-order valence-corrected chi connectivity index (χ2v) is 5.26. The van der Waals surface area contributed by atoms with Crippen molar-refractivity contribution in [1.82, 2.24) is 0 Å². The average Bonchev–Trinajstić information content (AvgIpc) is 2.49. The van der Waals surface area contributed by atoms with Crippen LogP contribution in [-0.2, 0) is 11.2 Å². The molecule has 2 aromatic rings. The van der Waals surface area contributed by atoms with Gasteiger partial charge in [-0.05, 0) is 28.9 Å². The van der Waals surface area contributed by atoms with E-state index >= 15 is 0 Å². The first kappa shape index (κ1) is 14.8. The van der Waals surface area contributed by atoms with Crippen molar-refractivity contribution in [2.45, 2.75) is 18.9 Å². The highest BCUT2D eigenvalue weighted by Gasteiger charge is 2.13. The lowest BCUT2D eigenvalue weighted by Gasteiger charge is -2.10. The van der Waals surface area contributed by atoms with Crippen LogP contribution in [0.1, 0.15) is 12.0 Å². The maximum absolute atomic E-state index is 11.7. The minimum Gasteiger partial charge on any atom is -0.321 e. The van der Waals surface area contributed by atoms with Gasteiger partial charge in [0.25, 0.3) is 0 Å². The molecule has 0 radical (unpaired) electrons. The van der Waals surface area contributed by atoms with Gasteiger partial charge in [0.2, 0.25) is 0 Å². The Morgan fingerprint density at radius 1 is 1.00 bits per heavy atom. The van der Waals surface area contributed by atoms with Crippen molar-refractivity contribution in [3.05, 3.63) is 60.2 Å². The fourth-order valence-corrected chi connectivity index (χ4v) is 2.35. The van der Waals surface area contributed by atoms with E-state index in [2.05, 4.69) is 36.9 Å². The number of hydrogen-bond donors (Lipinski definition) is 2. The van der Waals surface area contributed by atoms with Crippen LogP contribution in [0.2, 0.25) is 0 Å². The van der Waals surface area contributed by atoms with Gasteiger partial charge in [0.1, 0.15) is 0 Å².